The minimum atomic E-state index is 0.380. The van der Waals surface area contributed by atoms with Crippen LogP contribution in [0.3, 0.4) is 0 Å². The van der Waals surface area contributed by atoms with Crippen LogP contribution in [0.5, 0.6) is 0 Å². The molecule has 0 radical (unpaired) electrons. The van der Waals surface area contributed by atoms with E-state index in [0.29, 0.717) is 33.9 Å². The van der Waals surface area contributed by atoms with Crippen molar-refractivity contribution in [3.63, 3.8) is 0 Å². The van der Waals surface area contributed by atoms with Crippen LogP contribution in [-0.4, -0.2) is 56.4 Å². The third-order valence-electron chi connectivity index (χ3n) is 5.73. The fraction of sp³-hybridized carbons (Fsp3) is 0.167. The summed E-state index contributed by atoms with van der Waals surface area (Å²) >= 11 is 5.15. The smallest absolute Gasteiger partial charge is 0.186 e. The molecule has 0 aliphatic carbocycles. The van der Waals surface area contributed by atoms with E-state index >= 15 is 0 Å². The summed E-state index contributed by atoms with van der Waals surface area (Å²) in [6, 6.07) is 13.7. The molecule has 174 valence electrons. The third-order valence-corrected chi connectivity index (χ3v) is 7.13. The van der Waals surface area contributed by atoms with Gasteiger partial charge in [-0.2, -0.15) is 0 Å². The van der Waals surface area contributed by atoms with E-state index in [-0.39, 0.29) is 0 Å². The van der Waals surface area contributed by atoms with Gasteiger partial charge in [0, 0.05) is 22.9 Å². The number of pyridine rings is 1. The lowest BCUT2D eigenvalue weighted by Crippen LogP contribution is -2.36. The molecule has 35 heavy (non-hydrogen) atoms. The molecule has 5 heterocycles. The number of halogens is 1. The molecule has 1 aliphatic rings. The Bertz CT molecular complexity index is 1520. The van der Waals surface area contributed by atoms with Crippen LogP contribution < -0.4 is 10.6 Å². The normalized spacial score (nSPS) is 13.9. The van der Waals surface area contributed by atoms with Crippen LogP contribution in [0.1, 0.15) is 0 Å². The van der Waals surface area contributed by atoms with E-state index in [1.807, 2.05) is 47.8 Å². The van der Waals surface area contributed by atoms with Gasteiger partial charge in [-0.15, -0.1) is 21.5 Å². The maximum Gasteiger partial charge on any atom is 0.186 e. The summed E-state index contributed by atoms with van der Waals surface area (Å²) in [5, 5.41) is 12.6. The number of nitrogens with two attached hydrogens (primary N) is 1. The van der Waals surface area contributed by atoms with Gasteiger partial charge in [0.25, 0.3) is 0 Å². The summed E-state index contributed by atoms with van der Waals surface area (Å²) in [5.74, 6) is 0.380. The zero-order chi connectivity index (χ0) is 23.8. The molecule has 11 heteroatoms. The number of nitrogens with zero attached hydrogens (tertiary/aromatic N) is 7. The van der Waals surface area contributed by atoms with Crippen molar-refractivity contribution >= 4 is 49.2 Å². The molecular formula is C24H19BrN8OS. The number of rotatable bonds is 4. The molecule has 2 N–H and O–H groups in total. The van der Waals surface area contributed by atoms with Crippen molar-refractivity contribution in [2.45, 2.75) is 0 Å². The Hall–Kier alpha value is -3.54. The van der Waals surface area contributed by atoms with Crippen LogP contribution in [0.15, 0.2) is 58.6 Å². The van der Waals surface area contributed by atoms with Crippen LogP contribution in [-0.2, 0) is 4.74 Å². The maximum atomic E-state index is 6.21. The molecule has 9 nitrogen and oxygen atoms in total. The van der Waals surface area contributed by atoms with Crippen molar-refractivity contribution in [3.05, 3.63) is 58.6 Å². The standard InChI is InChI=1S/C24H19BrN8OS/c25-15-3-1-2-14(10-15)16-11-19(29-23-21(16)22(26)27-13-28-23)17-4-5-18(32-31-17)20-12-35-24(30-20)33-6-8-34-9-7-33/h1-5,10-13H,6-9H2,(H2,26,27,28,29). The number of thiazole rings is 1. The number of morpholine rings is 1. The zero-order valence-corrected chi connectivity index (χ0v) is 20.8. The fourth-order valence-corrected chi connectivity index (χ4v) is 5.26. The highest BCUT2D eigenvalue weighted by Crippen LogP contribution is 2.34. The zero-order valence-electron chi connectivity index (χ0n) is 18.4. The van der Waals surface area contributed by atoms with E-state index in [2.05, 4.69) is 41.0 Å². The third kappa shape index (κ3) is 4.33. The number of anilines is 2. The van der Waals surface area contributed by atoms with Gasteiger partial charge in [-0.1, -0.05) is 28.1 Å². The molecule has 0 amide bonds. The summed E-state index contributed by atoms with van der Waals surface area (Å²) in [6.07, 6.45) is 1.42. The van der Waals surface area contributed by atoms with Gasteiger partial charge >= 0.3 is 0 Å². The van der Waals surface area contributed by atoms with Gasteiger partial charge < -0.3 is 15.4 Å². The lowest BCUT2D eigenvalue weighted by molar-refractivity contribution is 0.122. The number of nitrogen functional groups attached to an aromatic ring is 1. The summed E-state index contributed by atoms with van der Waals surface area (Å²) in [4.78, 5) is 20.2. The second-order valence-electron chi connectivity index (χ2n) is 7.94. The molecule has 1 saturated heterocycles. The van der Waals surface area contributed by atoms with Gasteiger partial charge in [0.15, 0.2) is 10.8 Å². The van der Waals surface area contributed by atoms with Gasteiger partial charge in [-0.25, -0.2) is 19.9 Å². The molecule has 0 atom stereocenters. The molecule has 4 aromatic heterocycles. The van der Waals surface area contributed by atoms with Crippen molar-refractivity contribution in [1.29, 1.82) is 0 Å². The van der Waals surface area contributed by atoms with E-state index in [4.69, 9.17) is 20.4 Å². The first-order chi connectivity index (χ1) is 17.2. The first-order valence-corrected chi connectivity index (χ1v) is 12.6. The van der Waals surface area contributed by atoms with Crippen LogP contribution >= 0.6 is 27.3 Å². The highest BCUT2D eigenvalue weighted by Gasteiger charge is 2.17. The molecule has 1 aliphatic heterocycles. The van der Waals surface area contributed by atoms with Gasteiger partial charge in [0.05, 0.1) is 24.3 Å². The summed E-state index contributed by atoms with van der Waals surface area (Å²) < 4.78 is 6.39. The molecule has 6 rings (SSSR count). The summed E-state index contributed by atoms with van der Waals surface area (Å²) in [7, 11) is 0. The Kier molecular flexibility index (Phi) is 5.80. The quantitative estimate of drug-likeness (QED) is 0.348. The average molecular weight is 547 g/mol. The monoisotopic (exact) mass is 546 g/mol. The summed E-state index contributed by atoms with van der Waals surface area (Å²) in [6.45, 7) is 3.14. The second kappa shape index (κ2) is 9.25. The van der Waals surface area contributed by atoms with Crippen molar-refractivity contribution < 1.29 is 4.74 Å². The Morgan fingerprint density at radius 2 is 1.71 bits per heavy atom. The lowest BCUT2D eigenvalue weighted by atomic mass is 10.0. The molecule has 0 bridgehead atoms. The number of fused-ring (bicyclic) bond motifs is 1. The topological polar surface area (TPSA) is 116 Å². The van der Waals surface area contributed by atoms with E-state index in [1.54, 1.807) is 11.3 Å². The number of aromatic nitrogens is 6. The molecule has 1 aromatic carbocycles. The van der Waals surface area contributed by atoms with Crippen molar-refractivity contribution in [3.8, 4) is 33.9 Å². The Balaban J connectivity index is 1.37. The van der Waals surface area contributed by atoms with E-state index in [1.165, 1.54) is 6.33 Å². The molecule has 1 fully saturated rings. The second-order valence-corrected chi connectivity index (χ2v) is 9.69. The van der Waals surface area contributed by atoms with Crippen LogP contribution in [0.4, 0.5) is 10.9 Å². The Labute approximate surface area is 213 Å². The van der Waals surface area contributed by atoms with Crippen LogP contribution in [0.2, 0.25) is 0 Å². The van der Waals surface area contributed by atoms with Gasteiger partial charge in [-0.3, -0.25) is 0 Å². The average Bonchev–Trinajstić information content (AvgIpc) is 3.39. The van der Waals surface area contributed by atoms with Gasteiger partial charge in [0.1, 0.15) is 29.2 Å². The first-order valence-electron chi connectivity index (χ1n) is 11.0. The first kappa shape index (κ1) is 22.0. The number of benzene rings is 1. The maximum absolute atomic E-state index is 6.21. The SMILES string of the molecule is Nc1ncnc2nc(-c3ccc(-c4csc(N5CCOCC5)n4)nn3)cc(-c3cccc(Br)c3)c12. The largest absolute Gasteiger partial charge is 0.383 e. The number of hydrogen-bond donors (Lipinski definition) is 1. The number of ether oxygens (including phenoxy) is 1. The predicted octanol–water partition coefficient (Wildman–Crippen LogP) is 4.45. The highest BCUT2D eigenvalue weighted by atomic mass is 79.9. The molecule has 0 saturated carbocycles. The molecule has 5 aromatic rings. The van der Waals surface area contributed by atoms with Crippen LogP contribution in [0, 0.1) is 0 Å². The van der Waals surface area contributed by atoms with Crippen molar-refractivity contribution in [1.82, 2.24) is 30.1 Å². The predicted molar refractivity (Wildman–Crippen MR) is 140 cm³/mol. The van der Waals surface area contributed by atoms with E-state index < -0.39 is 0 Å². The fourth-order valence-electron chi connectivity index (χ4n) is 3.99. The van der Waals surface area contributed by atoms with Gasteiger partial charge in [0.2, 0.25) is 0 Å². The summed E-state index contributed by atoms with van der Waals surface area (Å²) in [5.41, 5.74) is 11.4. The van der Waals surface area contributed by atoms with E-state index in [9.17, 15) is 0 Å². The highest BCUT2D eigenvalue weighted by molar-refractivity contribution is 9.10. The minimum Gasteiger partial charge on any atom is -0.383 e. The molecule has 0 spiro atoms. The number of hydrogen-bond acceptors (Lipinski definition) is 10. The van der Waals surface area contributed by atoms with Crippen molar-refractivity contribution in [2.75, 3.05) is 36.9 Å². The van der Waals surface area contributed by atoms with Gasteiger partial charge in [-0.05, 0) is 41.5 Å². The molecular weight excluding hydrogens is 528 g/mol. The van der Waals surface area contributed by atoms with E-state index in [0.717, 1.165) is 52.7 Å². The Morgan fingerprint density at radius 3 is 2.49 bits per heavy atom. The van der Waals surface area contributed by atoms with Crippen molar-refractivity contribution in [2.24, 2.45) is 0 Å². The van der Waals surface area contributed by atoms with Crippen LogP contribution in [0.25, 0.3) is 44.9 Å². The minimum absolute atomic E-state index is 0.380. The molecule has 0 unspecified atom stereocenters. The Morgan fingerprint density at radius 1 is 0.914 bits per heavy atom. The lowest BCUT2D eigenvalue weighted by Gasteiger charge is -2.25.